The molecule has 2 aromatic heterocycles. The molecule has 1 atom stereocenters. The van der Waals surface area contributed by atoms with E-state index in [1.54, 1.807) is 0 Å². The largest absolute Gasteiger partial charge is 0.481 e. The van der Waals surface area contributed by atoms with E-state index in [-0.39, 0.29) is 6.42 Å². The van der Waals surface area contributed by atoms with Crippen LogP contribution in [0.3, 0.4) is 0 Å². The van der Waals surface area contributed by atoms with Crippen LogP contribution in [0.1, 0.15) is 64.2 Å². The fourth-order valence-electron chi connectivity index (χ4n) is 4.24. The number of nitrogens with one attached hydrogen (secondary N) is 2. The number of aliphatic carboxylic acids is 1. The molecule has 188 valence electrons. The molecule has 0 saturated heterocycles. The van der Waals surface area contributed by atoms with Crippen LogP contribution in [-0.2, 0) is 4.79 Å². The summed E-state index contributed by atoms with van der Waals surface area (Å²) < 4.78 is 2.07. The Morgan fingerprint density at radius 2 is 1.89 bits per heavy atom. The van der Waals surface area contributed by atoms with Crippen molar-refractivity contribution in [3.63, 3.8) is 0 Å². The minimum Gasteiger partial charge on any atom is -0.481 e. The van der Waals surface area contributed by atoms with Crippen molar-refractivity contribution in [1.29, 1.82) is 0 Å². The van der Waals surface area contributed by atoms with E-state index in [9.17, 15) is 4.79 Å². The van der Waals surface area contributed by atoms with Crippen molar-refractivity contribution in [3.05, 3.63) is 30.6 Å². The number of carboxylic acid groups (broad SMARTS) is 1. The Labute approximate surface area is 225 Å². The number of fused-ring (bicyclic) bond motifs is 1. The number of halogens is 1. The van der Waals surface area contributed by atoms with Crippen molar-refractivity contribution in [3.8, 4) is 0 Å². The van der Waals surface area contributed by atoms with Crippen LogP contribution in [0, 0.1) is 0 Å². The number of carbonyl (C=O) groups is 1. The Balaban J connectivity index is 1.36. The number of hydrogen-bond acceptors (Lipinski definition) is 7. The molecule has 0 bridgehead atoms. The smallest absolute Gasteiger partial charge is 0.303 e. The van der Waals surface area contributed by atoms with Gasteiger partial charge in [0.15, 0.2) is 17.0 Å². The lowest BCUT2D eigenvalue weighted by atomic mass is 9.95. The second-order valence-corrected chi connectivity index (χ2v) is 12.1. The lowest BCUT2D eigenvalue weighted by Crippen LogP contribution is -2.23. The Morgan fingerprint density at radius 1 is 1.11 bits per heavy atom. The normalized spacial score (nSPS) is 14.7. The molecular weight excluding hydrogens is 594 g/mol. The molecule has 1 aliphatic rings. The molecule has 3 N–H and O–H groups in total. The molecule has 4 rings (SSSR count). The highest BCUT2D eigenvalue weighted by atomic mass is 127. The van der Waals surface area contributed by atoms with Gasteiger partial charge in [0.1, 0.15) is 6.33 Å². The van der Waals surface area contributed by atoms with Crippen LogP contribution in [0.5, 0.6) is 0 Å². The van der Waals surface area contributed by atoms with Gasteiger partial charge in [0.25, 0.3) is 0 Å². The third kappa shape index (κ3) is 7.92. The van der Waals surface area contributed by atoms with E-state index in [1.165, 1.54) is 37.0 Å². The SMILES string of the molecule is O=C(O)CCCCCCSc1ccc(Nc2nc(NC3CCCCC3)c3ncn(PI)c3n2)cc1. The van der Waals surface area contributed by atoms with Crippen molar-refractivity contribution in [2.45, 2.75) is 75.1 Å². The molecule has 11 heteroatoms. The monoisotopic (exact) mass is 626 g/mol. The molecule has 3 aromatic rings. The maximum absolute atomic E-state index is 10.6. The third-order valence-corrected chi connectivity index (χ3v) is 9.26. The Morgan fingerprint density at radius 3 is 2.63 bits per heavy atom. The Hall–Kier alpha value is -1.65. The van der Waals surface area contributed by atoms with Crippen LogP contribution in [0.2, 0.25) is 0 Å². The summed E-state index contributed by atoms with van der Waals surface area (Å²) in [6, 6.07) is 8.81. The van der Waals surface area contributed by atoms with Crippen LogP contribution >= 0.6 is 40.2 Å². The number of anilines is 3. The molecule has 0 amide bonds. The molecule has 0 radical (unpaired) electrons. The van der Waals surface area contributed by atoms with Crippen LogP contribution in [0.4, 0.5) is 17.5 Å². The van der Waals surface area contributed by atoms with Gasteiger partial charge in [0.05, 0.1) is 6.37 Å². The van der Waals surface area contributed by atoms with E-state index < -0.39 is 5.97 Å². The van der Waals surface area contributed by atoms with E-state index in [2.05, 4.69) is 66.3 Å². The lowest BCUT2D eigenvalue weighted by molar-refractivity contribution is -0.137. The van der Waals surface area contributed by atoms with Gasteiger partial charge in [-0.05, 0) is 77.7 Å². The number of thioether (sulfide) groups is 1. The summed E-state index contributed by atoms with van der Waals surface area (Å²) in [5.74, 6) is 1.73. The predicted octanol–water partition coefficient (Wildman–Crippen LogP) is 7.23. The van der Waals surface area contributed by atoms with Gasteiger partial charge in [-0.15, -0.1) is 11.8 Å². The first kappa shape index (κ1) is 26.4. The summed E-state index contributed by atoms with van der Waals surface area (Å²) in [5, 5.41) is 15.7. The van der Waals surface area contributed by atoms with Crippen molar-refractivity contribution in [1.82, 2.24) is 19.3 Å². The van der Waals surface area contributed by atoms with E-state index in [4.69, 9.17) is 15.1 Å². The molecule has 0 aliphatic heterocycles. The van der Waals surface area contributed by atoms with Gasteiger partial charge in [-0.3, -0.25) is 9.13 Å². The highest BCUT2D eigenvalue weighted by Crippen LogP contribution is 2.32. The minimum atomic E-state index is -0.703. The van der Waals surface area contributed by atoms with E-state index in [0.29, 0.717) is 18.4 Å². The van der Waals surface area contributed by atoms with Crippen LogP contribution in [0.15, 0.2) is 35.5 Å². The van der Waals surface area contributed by atoms with E-state index in [0.717, 1.165) is 54.1 Å². The summed E-state index contributed by atoms with van der Waals surface area (Å²) in [7, 11) is 0. The summed E-state index contributed by atoms with van der Waals surface area (Å²) >= 11 is 4.18. The van der Waals surface area contributed by atoms with Gasteiger partial charge in [0.2, 0.25) is 5.95 Å². The summed E-state index contributed by atoms with van der Waals surface area (Å²) in [4.78, 5) is 26.0. The van der Waals surface area contributed by atoms with E-state index >= 15 is 0 Å². The molecule has 1 unspecified atom stereocenters. The number of hydrogen-bond donors (Lipinski definition) is 3. The minimum absolute atomic E-state index is 0.275. The molecule has 2 heterocycles. The van der Waals surface area contributed by atoms with Gasteiger partial charge in [-0.2, -0.15) is 9.97 Å². The van der Waals surface area contributed by atoms with Gasteiger partial charge in [-0.25, -0.2) is 4.98 Å². The number of imidazole rings is 1. The van der Waals surface area contributed by atoms with Crippen molar-refractivity contribution >= 4 is 74.8 Å². The topological polar surface area (TPSA) is 105 Å². The fraction of sp³-hybridized carbons (Fsp3) is 0.500. The Bertz CT molecular complexity index is 1110. The van der Waals surface area contributed by atoms with E-state index in [1.807, 2.05) is 18.1 Å². The standard InChI is InChI=1S/C24H32IN6O2PS/c25-34-31-16-26-21-22(27-17-8-4-3-5-9-17)29-24(30-23(21)31)28-18-11-13-19(14-12-18)35-15-7-2-1-6-10-20(32)33/h11-14,16-17,34H,1-10,15H2,(H,32,33)(H2,27,28,29,30). The first-order chi connectivity index (χ1) is 17.1. The van der Waals surface area contributed by atoms with Crippen LogP contribution in [0.25, 0.3) is 11.2 Å². The molecule has 35 heavy (non-hydrogen) atoms. The number of nitrogens with zero attached hydrogens (tertiary/aromatic N) is 4. The van der Waals surface area contributed by atoms with Gasteiger partial charge < -0.3 is 15.7 Å². The highest BCUT2D eigenvalue weighted by molar-refractivity contribution is 14.2. The molecule has 0 spiro atoms. The molecular formula is C24H32IN6O2PS. The number of benzene rings is 1. The molecule has 8 nitrogen and oxygen atoms in total. The summed E-state index contributed by atoms with van der Waals surface area (Å²) in [6.07, 6.45) is 12.7. The van der Waals surface area contributed by atoms with Gasteiger partial charge in [0, 0.05) is 23.0 Å². The zero-order valence-corrected chi connectivity index (χ0v) is 23.6. The summed E-state index contributed by atoms with van der Waals surface area (Å²) in [5.41, 5.74) is 2.64. The van der Waals surface area contributed by atoms with Crippen molar-refractivity contribution in [2.24, 2.45) is 0 Å². The van der Waals surface area contributed by atoms with Crippen molar-refractivity contribution < 1.29 is 9.90 Å². The van der Waals surface area contributed by atoms with Crippen LogP contribution < -0.4 is 10.6 Å². The maximum atomic E-state index is 10.6. The second kappa shape index (κ2) is 13.6. The van der Waals surface area contributed by atoms with Crippen molar-refractivity contribution in [2.75, 3.05) is 16.4 Å². The Kier molecular flexibility index (Phi) is 10.3. The molecule has 1 aliphatic carbocycles. The first-order valence-corrected chi connectivity index (χ1v) is 17.3. The molecule has 1 saturated carbocycles. The zero-order chi connectivity index (χ0) is 24.5. The number of carboxylic acids is 1. The third-order valence-electron chi connectivity index (χ3n) is 6.10. The zero-order valence-electron chi connectivity index (χ0n) is 19.7. The highest BCUT2D eigenvalue weighted by Gasteiger charge is 2.18. The molecule has 1 fully saturated rings. The van der Waals surface area contributed by atoms with Crippen LogP contribution in [-0.4, -0.2) is 42.2 Å². The number of aromatic nitrogens is 4. The fourth-order valence-corrected chi connectivity index (χ4v) is 6.55. The maximum Gasteiger partial charge on any atom is 0.303 e. The number of rotatable bonds is 13. The second-order valence-electron chi connectivity index (χ2n) is 8.80. The molecule has 1 aromatic carbocycles. The summed E-state index contributed by atoms with van der Waals surface area (Å²) in [6.45, 7) is 0. The van der Waals surface area contributed by atoms with Gasteiger partial charge >= 0.3 is 5.97 Å². The first-order valence-electron chi connectivity index (χ1n) is 12.2. The van der Waals surface area contributed by atoms with Gasteiger partial charge in [-0.1, -0.05) is 32.1 Å². The average Bonchev–Trinajstić information content (AvgIpc) is 3.28. The lowest BCUT2D eigenvalue weighted by Gasteiger charge is -2.23. The average molecular weight is 627 g/mol. The predicted molar refractivity (Wildman–Crippen MR) is 155 cm³/mol. The number of unbranched alkanes of at least 4 members (excludes halogenated alkanes) is 3. The quantitative estimate of drug-likeness (QED) is 0.0790.